The summed E-state index contributed by atoms with van der Waals surface area (Å²) in [6.45, 7) is 2.17. The third kappa shape index (κ3) is 4.83. The molecule has 2 aliphatic rings. The number of rotatable bonds is 6. The first-order valence-corrected chi connectivity index (χ1v) is 12.2. The standard InChI is InChI=1S/C23H25FN4O3S/c24-21-13-19(12-18-6-7-26-15-20(18)21)32(30,31)27-22(23(29)28-8-1-2-9-28)11-16-4-3-5-17(10-16)14-25/h3-5,10,12-13,22,26-27H,1-2,6-9,11,15H2/t22-/m1/s1. The molecule has 2 aromatic carbocycles. The van der Waals surface area contributed by atoms with Crippen LogP contribution >= 0.6 is 0 Å². The molecule has 9 heteroatoms. The Kier molecular flexibility index (Phi) is 6.55. The monoisotopic (exact) mass is 456 g/mol. The van der Waals surface area contributed by atoms with Crippen LogP contribution in [0.25, 0.3) is 0 Å². The lowest BCUT2D eigenvalue weighted by atomic mass is 10.0. The average Bonchev–Trinajstić information content (AvgIpc) is 3.33. The smallest absolute Gasteiger partial charge is 0.241 e. The first-order chi connectivity index (χ1) is 15.4. The van der Waals surface area contributed by atoms with Crippen LogP contribution in [0.15, 0.2) is 41.3 Å². The molecule has 0 saturated carbocycles. The van der Waals surface area contributed by atoms with Crippen molar-refractivity contribution in [2.75, 3.05) is 19.6 Å². The Hall–Kier alpha value is -2.80. The second-order valence-corrected chi connectivity index (χ2v) is 9.91. The Bertz CT molecular complexity index is 1170. The third-order valence-electron chi connectivity index (χ3n) is 5.95. The van der Waals surface area contributed by atoms with E-state index in [0.29, 0.717) is 54.9 Å². The van der Waals surface area contributed by atoms with Crippen LogP contribution < -0.4 is 10.0 Å². The molecule has 2 aliphatic heterocycles. The molecule has 2 aromatic rings. The fourth-order valence-electron chi connectivity index (χ4n) is 4.27. The van der Waals surface area contributed by atoms with Gasteiger partial charge < -0.3 is 10.2 Å². The van der Waals surface area contributed by atoms with E-state index in [1.807, 2.05) is 0 Å². The van der Waals surface area contributed by atoms with Crippen molar-refractivity contribution in [1.82, 2.24) is 14.9 Å². The number of carbonyl (C=O) groups excluding carboxylic acids is 1. The molecule has 0 spiro atoms. The molecule has 7 nitrogen and oxygen atoms in total. The number of halogens is 1. The zero-order valence-corrected chi connectivity index (χ0v) is 18.4. The predicted octanol–water partition coefficient (Wildman–Crippen LogP) is 1.86. The highest BCUT2D eigenvalue weighted by Crippen LogP contribution is 2.23. The van der Waals surface area contributed by atoms with E-state index in [0.717, 1.165) is 18.9 Å². The molecule has 0 aromatic heterocycles. The van der Waals surface area contributed by atoms with E-state index < -0.39 is 21.9 Å². The molecule has 2 heterocycles. The van der Waals surface area contributed by atoms with Crippen molar-refractivity contribution in [3.05, 3.63) is 64.5 Å². The summed E-state index contributed by atoms with van der Waals surface area (Å²) in [5.74, 6) is -0.879. The molecule has 1 atom stereocenters. The molecule has 0 bridgehead atoms. The van der Waals surface area contributed by atoms with Gasteiger partial charge >= 0.3 is 0 Å². The fraction of sp³-hybridized carbons (Fsp3) is 0.391. The van der Waals surface area contributed by atoms with Crippen LogP contribution in [0.3, 0.4) is 0 Å². The van der Waals surface area contributed by atoms with Gasteiger partial charge in [-0.05, 0) is 67.6 Å². The molecule has 0 radical (unpaired) electrons. The summed E-state index contributed by atoms with van der Waals surface area (Å²) in [6.07, 6.45) is 2.38. The number of sulfonamides is 1. The highest BCUT2D eigenvalue weighted by atomic mass is 32.2. The zero-order chi connectivity index (χ0) is 22.7. The Labute approximate surface area is 187 Å². The van der Waals surface area contributed by atoms with Gasteiger partial charge in [0.25, 0.3) is 0 Å². The number of carbonyl (C=O) groups is 1. The predicted molar refractivity (Wildman–Crippen MR) is 117 cm³/mol. The van der Waals surface area contributed by atoms with Gasteiger partial charge in [0.15, 0.2) is 0 Å². The lowest BCUT2D eigenvalue weighted by Crippen LogP contribution is -2.48. The molecule has 168 valence electrons. The zero-order valence-electron chi connectivity index (χ0n) is 17.6. The Morgan fingerprint density at radius 2 is 2.03 bits per heavy atom. The molecule has 32 heavy (non-hydrogen) atoms. The van der Waals surface area contributed by atoms with E-state index in [4.69, 9.17) is 5.26 Å². The Balaban J connectivity index is 1.64. The van der Waals surface area contributed by atoms with Crippen LogP contribution in [-0.2, 0) is 34.2 Å². The van der Waals surface area contributed by atoms with E-state index in [2.05, 4.69) is 16.1 Å². The molecule has 1 amide bonds. The van der Waals surface area contributed by atoms with Gasteiger partial charge in [-0.25, -0.2) is 12.8 Å². The van der Waals surface area contributed by atoms with Gasteiger partial charge in [0.2, 0.25) is 15.9 Å². The molecule has 2 N–H and O–H groups in total. The minimum atomic E-state index is -4.15. The van der Waals surface area contributed by atoms with Crippen LogP contribution in [0.5, 0.6) is 0 Å². The van der Waals surface area contributed by atoms with Crippen LogP contribution in [0.4, 0.5) is 4.39 Å². The van der Waals surface area contributed by atoms with Gasteiger partial charge in [0, 0.05) is 25.2 Å². The van der Waals surface area contributed by atoms with Crippen molar-refractivity contribution >= 4 is 15.9 Å². The van der Waals surface area contributed by atoms with Gasteiger partial charge in [-0.1, -0.05) is 12.1 Å². The average molecular weight is 457 g/mol. The van der Waals surface area contributed by atoms with Crippen molar-refractivity contribution in [3.63, 3.8) is 0 Å². The van der Waals surface area contributed by atoms with E-state index in [1.165, 1.54) is 6.07 Å². The summed E-state index contributed by atoms with van der Waals surface area (Å²) >= 11 is 0. The number of nitrogens with zero attached hydrogens (tertiary/aromatic N) is 2. The lowest BCUT2D eigenvalue weighted by molar-refractivity contribution is -0.131. The molecule has 1 saturated heterocycles. The second-order valence-electron chi connectivity index (χ2n) is 8.19. The SMILES string of the molecule is N#Cc1cccc(C[C@@H](NS(=O)(=O)c2cc(F)c3c(c2)CCNC3)C(=O)N2CCCC2)c1. The summed E-state index contributed by atoms with van der Waals surface area (Å²) < 4.78 is 43.5. The van der Waals surface area contributed by atoms with E-state index in [1.54, 1.807) is 29.2 Å². The van der Waals surface area contributed by atoms with Crippen LogP contribution in [-0.4, -0.2) is 44.9 Å². The van der Waals surface area contributed by atoms with Crippen molar-refractivity contribution in [2.45, 2.75) is 43.2 Å². The summed E-state index contributed by atoms with van der Waals surface area (Å²) in [5, 5.41) is 12.2. The third-order valence-corrected chi connectivity index (χ3v) is 7.40. The van der Waals surface area contributed by atoms with E-state index >= 15 is 0 Å². The van der Waals surface area contributed by atoms with Crippen LogP contribution in [0.1, 0.15) is 35.1 Å². The molecular weight excluding hydrogens is 431 g/mol. The normalized spacial score (nSPS) is 16.9. The molecular formula is C23H25FN4O3S. The molecule has 0 unspecified atom stereocenters. The number of amides is 1. The molecule has 1 fully saturated rings. The number of hydrogen-bond acceptors (Lipinski definition) is 5. The highest BCUT2D eigenvalue weighted by Gasteiger charge is 2.31. The van der Waals surface area contributed by atoms with Gasteiger partial charge in [0.05, 0.1) is 16.5 Å². The molecule has 4 rings (SSSR count). The van der Waals surface area contributed by atoms with E-state index in [-0.39, 0.29) is 17.2 Å². The lowest BCUT2D eigenvalue weighted by Gasteiger charge is -2.25. The number of hydrogen-bond donors (Lipinski definition) is 2. The van der Waals surface area contributed by atoms with Crippen molar-refractivity contribution < 1.29 is 17.6 Å². The Morgan fingerprint density at radius 3 is 2.78 bits per heavy atom. The van der Waals surface area contributed by atoms with Gasteiger partial charge in [-0.15, -0.1) is 0 Å². The maximum Gasteiger partial charge on any atom is 0.241 e. The summed E-state index contributed by atoms with van der Waals surface area (Å²) in [5.41, 5.74) is 2.25. The van der Waals surface area contributed by atoms with Gasteiger partial charge in [0.1, 0.15) is 11.9 Å². The summed E-state index contributed by atoms with van der Waals surface area (Å²) in [4.78, 5) is 14.6. The number of likely N-dealkylation sites (tertiary alicyclic amines) is 1. The number of nitrogens with one attached hydrogen (secondary N) is 2. The van der Waals surface area contributed by atoms with Crippen LogP contribution in [0.2, 0.25) is 0 Å². The van der Waals surface area contributed by atoms with Crippen molar-refractivity contribution in [2.24, 2.45) is 0 Å². The fourth-order valence-corrected chi connectivity index (χ4v) is 5.53. The van der Waals surface area contributed by atoms with Gasteiger partial charge in [-0.2, -0.15) is 9.98 Å². The van der Waals surface area contributed by atoms with Crippen molar-refractivity contribution in [1.29, 1.82) is 5.26 Å². The van der Waals surface area contributed by atoms with Crippen LogP contribution in [0, 0.1) is 17.1 Å². The van der Waals surface area contributed by atoms with E-state index in [9.17, 15) is 17.6 Å². The quantitative estimate of drug-likeness (QED) is 0.691. The molecule has 0 aliphatic carbocycles. The summed E-state index contributed by atoms with van der Waals surface area (Å²) in [6, 6.07) is 10.3. The first-order valence-electron chi connectivity index (χ1n) is 10.7. The Morgan fingerprint density at radius 1 is 1.25 bits per heavy atom. The minimum Gasteiger partial charge on any atom is -0.341 e. The number of fused-ring (bicyclic) bond motifs is 1. The number of nitriles is 1. The summed E-state index contributed by atoms with van der Waals surface area (Å²) in [7, 11) is -4.15. The first kappa shape index (κ1) is 22.4. The second kappa shape index (κ2) is 9.36. The van der Waals surface area contributed by atoms with Crippen molar-refractivity contribution in [3.8, 4) is 6.07 Å². The maximum absolute atomic E-state index is 14.6. The topological polar surface area (TPSA) is 102 Å². The highest BCUT2D eigenvalue weighted by molar-refractivity contribution is 7.89. The maximum atomic E-state index is 14.6. The number of benzene rings is 2. The van der Waals surface area contributed by atoms with Gasteiger partial charge in [-0.3, -0.25) is 4.79 Å². The minimum absolute atomic E-state index is 0.0986. The largest absolute Gasteiger partial charge is 0.341 e.